The van der Waals surface area contributed by atoms with Gasteiger partial charge in [-0.3, -0.25) is 0 Å². The molecule has 3 rings (SSSR count). The van der Waals surface area contributed by atoms with Crippen LogP contribution >= 0.6 is 0 Å². The van der Waals surface area contributed by atoms with Gasteiger partial charge in [-0.15, -0.1) is 0 Å². The van der Waals surface area contributed by atoms with Gasteiger partial charge in [-0.1, -0.05) is 12.1 Å². The minimum absolute atomic E-state index is 0.169. The van der Waals surface area contributed by atoms with Gasteiger partial charge >= 0.3 is 5.82 Å². The SMILES string of the molecule is O=[N+]([O-])c1nn(CC2CC(F)(F)C2)c2ccccc12. The lowest BCUT2D eigenvalue weighted by molar-refractivity contribution is -0.388. The molecule has 1 fully saturated rings. The van der Waals surface area contributed by atoms with E-state index < -0.39 is 10.8 Å². The van der Waals surface area contributed by atoms with Crippen LogP contribution in [0.4, 0.5) is 14.6 Å². The highest BCUT2D eigenvalue weighted by Gasteiger charge is 2.45. The standard InChI is InChI=1S/C12H11F2N3O2/c13-12(14)5-8(6-12)7-16-10-4-2-1-3-9(10)11(15-16)17(18)19/h1-4,8H,5-7H2. The number of nitrogens with zero attached hydrogens (tertiary/aromatic N) is 3. The Morgan fingerprint density at radius 3 is 2.74 bits per heavy atom. The first-order valence-corrected chi connectivity index (χ1v) is 5.94. The second-order valence-electron chi connectivity index (χ2n) is 4.91. The lowest BCUT2D eigenvalue weighted by Gasteiger charge is -2.34. The van der Waals surface area contributed by atoms with E-state index in [1.807, 2.05) is 0 Å². The molecule has 0 aliphatic heterocycles. The lowest BCUT2D eigenvalue weighted by atomic mass is 9.81. The molecule has 1 aliphatic carbocycles. The summed E-state index contributed by atoms with van der Waals surface area (Å²) in [5, 5.41) is 15.3. The Balaban J connectivity index is 1.93. The summed E-state index contributed by atoms with van der Waals surface area (Å²) in [6, 6.07) is 6.77. The molecule has 1 aliphatic rings. The predicted octanol–water partition coefficient (Wildman–Crippen LogP) is 2.99. The fourth-order valence-electron chi connectivity index (χ4n) is 2.54. The van der Waals surface area contributed by atoms with Gasteiger partial charge in [0.05, 0.1) is 17.2 Å². The Kier molecular flexibility index (Phi) is 2.51. The largest absolute Gasteiger partial charge is 0.397 e. The summed E-state index contributed by atoms with van der Waals surface area (Å²) in [6.07, 6.45) is -0.343. The van der Waals surface area contributed by atoms with Crippen molar-refractivity contribution in [3.63, 3.8) is 0 Å². The number of benzene rings is 1. The van der Waals surface area contributed by atoms with Crippen molar-refractivity contribution in [2.45, 2.75) is 25.3 Å². The van der Waals surface area contributed by atoms with E-state index in [0.717, 1.165) is 0 Å². The zero-order valence-corrected chi connectivity index (χ0v) is 9.92. The van der Waals surface area contributed by atoms with Gasteiger partial charge < -0.3 is 10.1 Å². The zero-order chi connectivity index (χ0) is 13.6. The van der Waals surface area contributed by atoms with E-state index in [1.54, 1.807) is 24.3 Å². The Morgan fingerprint density at radius 2 is 2.11 bits per heavy atom. The minimum Gasteiger partial charge on any atom is -0.358 e. The van der Waals surface area contributed by atoms with E-state index in [4.69, 9.17) is 0 Å². The number of rotatable bonds is 3. The van der Waals surface area contributed by atoms with Crippen LogP contribution in [0.25, 0.3) is 10.9 Å². The first kappa shape index (κ1) is 12.0. The van der Waals surface area contributed by atoms with Crippen molar-refractivity contribution in [3.05, 3.63) is 34.4 Å². The summed E-state index contributed by atoms with van der Waals surface area (Å²) in [6.45, 7) is 0.296. The normalized spacial score (nSPS) is 18.4. The number of alkyl halides is 2. The maximum absolute atomic E-state index is 12.8. The first-order chi connectivity index (χ1) is 8.96. The van der Waals surface area contributed by atoms with E-state index in [0.29, 0.717) is 17.4 Å². The molecule has 0 bridgehead atoms. The molecule has 0 radical (unpaired) electrons. The molecule has 0 saturated heterocycles. The molecule has 5 nitrogen and oxygen atoms in total. The highest BCUT2D eigenvalue weighted by Crippen LogP contribution is 2.43. The molecular weight excluding hydrogens is 256 g/mol. The number of para-hydroxylation sites is 1. The van der Waals surface area contributed by atoms with Crippen LogP contribution in [-0.4, -0.2) is 20.6 Å². The van der Waals surface area contributed by atoms with E-state index in [1.165, 1.54) is 4.68 Å². The molecule has 0 unspecified atom stereocenters. The van der Waals surface area contributed by atoms with E-state index in [9.17, 15) is 18.9 Å². The maximum atomic E-state index is 12.8. The minimum atomic E-state index is -2.58. The van der Waals surface area contributed by atoms with E-state index in [2.05, 4.69) is 5.10 Å². The zero-order valence-electron chi connectivity index (χ0n) is 9.92. The topological polar surface area (TPSA) is 61.0 Å². The van der Waals surface area contributed by atoms with Crippen LogP contribution < -0.4 is 0 Å². The molecular formula is C12H11F2N3O2. The molecule has 0 N–H and O–H groups in total. The highest BCUT2D eigenvalue weighted by molar-refractivity contribution is 5.86. The molecule has 1 aromatic heterocycles. The Bertz CT molecular complexity index is 645. The van der Waals surface area contributed by atoms with Crippen molar-refractivity contribution in [1.82, 2.24) is 9.78 Å². The Hall–Kier alpha value is -2.05. The van der Waals surface area contributed by atoms with E-state index >= 15 is 0 Å². The van der Waals surface area contributed by atoms with Gasteiger partial charge in [0.2, 0.25) is 5.92 Å². The van der Waals surface area contributed by atoms with Gasteiger partial charge in [0.25, 0.3) is 0 Å². The van der Waals surface area contributed by atoms with Crippen LogP contribution in [0.1, 0.15) is 12.8 Å². The van der Waals surface area contributed by atoms with Crippen molar-refractivity contribution < 1.29 is 13.7 Å². The average Bonchev–Trinajstić information content (AvgIpc) is 2.66. The number of aromatic nitrogens is 2. The van der Waals surface area contributed by atoms with Crippen LogP contribution in [0.2, 0.25) is 0 Å². The van der Waals surface area contributed by atoms with Crippen LogP contribution in [0.5, 0.6) is 0 Å². The lowest BCUT2D eigenvalue weighted by Crippen LogP contribution is -2.37. The fraction of sp³-hybridized carbons (Fsp3) is 0.417. The molecule has 2 aromatic rings. The van der Waals surface area contributed by atoms with Crippen LogP contribution in [0.3, 0.4) is 0 Å². The first-order valence-electron chi connectivity index (χ1n) is 5.94. The molecule has 0 spiro atoms. The molecule has 7 heteroatoms. The second-order valence-corrected chi connectivity index (χ2v) is 4.91. The summed E-state index contributed by atoms with van der Waals surface area (Å²) in [5.41, 5.74) is 0.615. The molecule has 0 amide bonds. The second kappa shape index (κ2) is 3.97. The van der Waals surface area contributed by atoms with Crippen LogP contribution in [-0.2, 0) is 6.54 Å². The number of fused-ring (bicyclic) bond motifs is 1. The summed E-state index contributed by atoms with van der Waals surface area (Å²) in [5.74, 6) is -2.97. The van der Waals surface area contributed by atoms with Crippen molar-refractivity contribution in [3.8, 4) is 0 Å². The van der Waals surface area contributed by atoms with Crippen molar-refractivity contribution in [2.75, 3.05) is 0 Å². The molecule has 100 valence electrons. The molecule has 0 atom stereocenters. The molecule has 1 saturated carbocycles. The smallest absolute Gasteiger partial charge is 0.358 e. The van der Waals surface area contributed by atoms with Crippen molar-refractivity contribution in [2.24, 2.45) is 5.92 Å². The monoisotopic (exact) mass is 267 g/mol. The van der Waals surface area contributed by atoms with Gasteiger partial charge in [0.15, 0.2) is 0 Å². The summed E-state index contributed by atoms with van der Waals surface area (Å²) in [7, 11) is 0. The number of hydrogen-bond donors (Lipinski definition) is 0. The Morgan fingerprint density at radius 1 is 1.42 bits per heavy atom. The number of nitro groups is 1. The fourth-order valence-corrected chi connectivity index (χ4v) is 2.54. The molecule has 1 heterocycles. The third kappa shape index (κ3) is 2.05. The summed E-state index contributed by atoms with van der Waals surface area (Å²) < 4.78 is 27.1. The van der Waals surface area contributed by atoms with Crippen molar-refractivity contribution >= 4 is 16.7 Å². The Labute approximate surface area is 107 Å². The third-order valence-electron chi connectivity index (χ3n) is 3.42. The van der Waals surface area contributed by atoms with Gasteiger partial charge in [0, 0.05) is 12.8 Å². The van der Waals surface area contributed by atoms with Crippen LogP contribution in [0, 0.1) is 16.0 Å². The number of halogens is 2. The van der Waals surface area contributed by atoms with Gasteiger partial charge in [-0.25, -0.2) is 8.78 Å². The summed E-state index contributed by atoms with van der Waals surface area (Å²) >= 11 is 0. The van der Waals surface area contributed by atoms with Gasteiger partial charge in [0.1, 0.15) is 5.39 Å². The molecule has 19 heavy (non-hydrogen) atoms. The molecule has 1 aromatic carbocycles. The number of hydrogen-bond acceptors (Lipinski definition) is 3. The summed E-state index contributed by atoms with van der Waals surface area (Å²) in [4.78, 5) is 10.4. The van der Waals surface area contributed by atoms with Crippen LogP contribution in [0.15, 0.2) is 24.3 Å². The highest BCUT2D eigenvalue weighted by atomic mass is 19.3. The maximum Gasteiger partial charge on any atom is 0.397 e. The average molecular weight is 267 g/mol. The van der Waals surface area contributed by atoms with Crippen molar-refractivity contribution in [1.29, 1.82) is 0 Å². The third-order valence-corrected chi connectivity index (χ3v) is 3.42. The van der Waals surface area contributed by atoms with Gasteiger partial charge in [-0.05, 0) is 23.0 Å². The van der Waals surface area contributed by atoms with E-state index in [-0.39, 0.29) is 24.6 Å². The van der Waals surface area contributed by atoms with Gasteiger partial charge in [-0.2, -0.15) is 4.68 Å². The predicted molar refractivity (Wildman–Crippen MR) is 64.1 cm³/mol. The quantitative estimate of drug-likeness (QED) is 0.634.